The van der Waals surface area contributed by atoms with Crippen LogP contribution in [0.2, 0.25) is 0 Å². The molecule has 0 aliphatic rings. The first kappa shape index (κ1) is 13.1. The Kier molecular flexibility index (Phi) is 5.99. The second kappa shape index (κ2) is 7.32. The first-order valence-corrected chi connectivity index (χ1v) is 6.47. The Hall–Kier alpha value is -0.980. The van der Waals surface area contributed by atoms with Crippen molar-refractivity contribution in [2.45, 2.75) is 52.4 Å². The second-order valence-electron chi connectivity index (χ2n) is 4.35. The van der Waals surface area contributed by atoms with E-state index in [0.717, 1.165) is 12.2 Å². The number of methoxy groups -OCH3 is 1. The van der Waals surface area contributed by atoms with Gasteiger partial charge in [0, 0.05) is 0 Å². The molecule has 1 rings (SSSR count). The predicted molar refractivity (Wildman–Crippen MR) is 70.2 cm³/mol. The van der Waals surface area contributed by atoms with Gasteiger partial charge < -0.3 is 4.74 Å². The molecular formula is C15H24O. The van der Waals surface area contributed by atoms with E-state index in [1.54, 1.807) is 7.11 Å². The molecule has 16 heavy (non-hydrogen) atoms. The van der Waals surface area contributed by atoms with E-state index in [4.69, 9.17) is 4.74 Å². The number of unbranched alkanes of at least 4 members (excludes halogenated alkanes) is 2. The minimum Gasteiger partial charge on any atom is -0.496 e. The Morgan fingerprint density at radius 1 is 1.00 bits per heavy atom. The Labute approximate surface area is 99.8 Å². The topological polar surface area (TPSA) is 9.23 Å². The molecule has 0 radical (unpaired) electrons. The fourth-order valence-electron chi connectivity index (χ4n) is 1.90. The molecule has 0 aliphatic carbocycles. The number of benzene rings is 1. The van der Waals surface area contributed by atoms with E-state index < -0.39 is 0 Å². The van der Waals surface area contributed by atoms with Crippen LogP contribution in [-0.4, -0.2) is 7.11 Å². The van der Waals surface area contributed by atoms with Gasteiger partial charge in [0.25, 0.3) is 0 Å². The molecule has 0 aromatic heterocycles. The van der Waals surface area contributed by atoms with Crippen molar-refractivity contribution in [3.05, 3.63) is 29.3 Å². The Bertz CT molecular complexity index is 304. The first-order chi connectivity index (χ1) is 7.81. The van der Waals surface area contributed by atoms with E-state index in [1.165, 1.54) is 43.2 Å². The van der Waals surface area contributed by atoms with Gasteiger partial charge in [0.15, 0.2) is 0 Å². The van der Waals surface area contributed by atoms with Crippen molar-refractivity contribution in [2.75, 3.05) is 7.11 Å². The third-order valence-electron chi connectivity index (χ3n) is 2.97. The summed E-state index contributed by atoms with van der Waals surface area (Å²) in [6, 6.07) is 6.70. The van der Waals surface area contributed by atoms with Gasteiger partial charge >= 0.3 is 0 Å². The Balaban J connectivity index is 2.71. The normalized spacial score (nSPS) is 10.4. The predicted octanol–water partition coefficient (Wildman–Crippen LogP) is 4.38. The van der Waals surface area contributed by atoms with Crippen molar-refractivity contribution in [1.82, 2.24) is 0 Å². The molecule has 90 valence electrons. The average molecular weight is 220 g/mol. The summed E-state index contributed by atoms with van der Waals surface area (Å²) >= 11 is 0. The highest BCUT2D eigenvalue weighted by Gasteiger charge is 2.03. The molecule has 0 atom stereocenters. The van der Waals surface area contributed by atoms with Crippen LogP contribution >= 0.6 is 0 Å². The maximum absolute atomic E-state index is 5.46. The molecule has 0 heterocycles. The number of rotatable bonds is 7. The summed E-state index contributed by atoms with van der Waals surface area (Å²) in [5.74, 6) is 1.07. The van der Waals surface area contributed by atoms with Crippen LogP contribution < -0.4 is 4.74 Å². The zero-order valence-electron chi connectivity index (χ0n) is 10.9. The van der Waals surface area contributed by atoms with Crippen molar-refractivity contribution in [1.29, 1.82) is 0 Å². The molecule has 0 bridgehead atoms. The quantitative estimate of drug-likeness (QED) is 0.662. The average Bonchev–Trinajstić information content (AvgIpc) is 2.34. The van der Waals surface area contributed by atoms with E-state index in [9.17, 15) is 0 Å². The molecule has 0 saturated carbocycles. The summed E-state index contributed by atoms with van der Waals surface area (Å²) in [5, 5.41) is 0. The monoisotopic (exact) mass is 220 g/mol. The molecule has 0 N–H and O–H groups in total. The van der Waals surface area contributed by atoms with Crippen LogP contribution in [0, 0.1) is 0 Å². The summed E-state index contributed by atoms with van der Waals surface area (Å²) in [7, 11) is 1.77. The highest BCUT2D eigenvalue weighted by atomic mass is 16.5. The second-order valence-corrected chi connectivity index (χ2v) is 4.35. The standard InChI is InChI=1S/C15H24O/c1-4-6-8-13-10-11-14(9-7-5-2)15(12-13)16-3/h10-12H,4-9H2,1-3H3. The molecular weight excluding hydrogens is 196 g/mol. The lowest BCUT2D eigenvalue weighted by molar-refractivity contribution is 0.408. The van der Waals surface area contributed by atoms with Crippen molar-refractivity contribution in [2.24, 2.45) is 0 Å². The molecule has 0 unspecified atom stereocenters. The third-order valence-corrected chi connectivity index (χ3v) is 2.97. The van der Waals surface area contributed by atoms with E-state index >= 15 is 0 Å². The molecule has 0 fully saturated rings. The lowest BCUT2D eigenvalue weighted by atomic mass is 10.0. The summed E-state index contributed by atoms with van der Waals surface area (Å²) in [5.41, 5.74) is 2.75. The van der Waals surface area contributed by atoms with Gasteiger partial charge in [0.2, 0.25) is 0 Å². The number of aryl methyl sites for hydroxylation is 2. The van der Waals surface area contributed by atoms with Crippen LogP contribution in [0.1, 0.15) is 50.7 Å². The van der Waals surface area contributed by atoms with Gasteiger partial charge in [-0.25, -0.2) is 0 Å². The van der Waals surface area contributed by atoms with Gasteiger partial charge in [-0.1, -0.05) is 38.8 Å². The zero-order chi connectivity index (χ0) is 11.8. The van der Waals surface area contributed by atoms with Crippen molar-refractivity contribution >= 4 is 0 Å². The number of ether oxygens (including phenoxy) is 1. The third kappa shape index (κ3) is 3.88. The largest absolute Gasteiger partial charge is 0.496 e. The van der Waals surface area contributed by atoms with Gasteiger partial charge in [-0.05, 0) is 42.9 Å². The maximum Gasteiger partial charge on any atom is 0.122 e. The smallest absolute Gasteiger partial charge is 0.122 e. The lowest BCUT2D eigenvalue weighted by Crippen LogP contribution is -1.95. The van der Waals surface area contributed by atoms with Crippen LogP contribution in [0.25, 0.3) is 0 Å². The SMILES string of the molecule is CCCCc1ccc(CCCC)c(OC)c1. The van der Waals surface area contributed by atoms with Crippen molar-refractivity contribution in [3.63, 3.8) is 0 Å². The van der Waals surface area contributed by atoms with Gasteiger partial charge in [-0.2, -0.15) is 0 Å². The summed E-state index contributed by atoms with van der Waals surface area (Å²) in [4.78, 5) is 0. The molecule has 0 spiro atoms. The van der Waals surface area contributed by atoms with Crippen LogP contribution in [0.5, 0.6) is 5.75 Å². The molecule has 1 aromatic rings. The molecule has 1 nitrogen and oxygen atoms in total. The summed E-state index contributed by atoms with van der Waals surface area (Å²) in [6.07, 6.45) is 7.29. The van der Waals surface area contributed by atoms with Gasteiger partial charge in [0.1, 0.15) is 5.75 Å². The van der Waals surface area contributed by atoms with Crippen LogP contribution in [0.15, 0.2) is 18.2 Å². The molecule has 1 aromatic carbocycles. The van der Waals surface area contributed by atoms with Crippen molar-refractivity contribution < 1.29 is 4.74 Å². The van der Waals surface area contributed by atoms with Crippen LogP contribution in [0.3, 0.4) is 0 Å². The molecule has 0 saturated heterocycles. The van der Waals surface area contributed by atoms with Crippen LogP contribution in [0.4, 0.5) is 0 Å². The lowest BCUT2D eigenvalue weighted by Gasteiger charge is -2.10. The number of hydrogen-bond acceptors (Lipinski definition) is 1. The van der Waals surface area contributed by atoms with Crippen LogP contribution in [-0.2, 0) is 12.8 Å². The van der Waals surface area contributed by atoms with E-state index in [-0.39, 0.29) is 0 Å². The Morgan fingerprint density at radius 2 is 1.69 bits per heavy atom. The maximum atomic E-state index is 5.46. The van der Waals surface area contributed by atoms with E-state index in [0.29, 0.717) is 0 Å². The van der Waals surface area contributed by atoms with Gasteiger partial charge in [0.05, 0.1) is 7.11 Å². The van der Waals surface area contributed by atoms with E-state index in [2.05, 4.69) is 32.0 Å². The van der Waals surface area contributed by atoms with Crippen molar-refractivity contribution in [3.8, 4) is 5.75 Å². The van der Waals surface area contributed by atoms with Gasteiger partial charge in [-0.3, -0.25) is 0 Å². The molecule has 0 amide bonds. The zero-order valence-corrected chi connectivity index (χ0v) is 10.9. The Morgan fingerprint density at radius 3 is 2.31 bits per heavy atom. The fourth-order valence-corrected chi connectivity index (χ4v) is 1.90. The highest BCUT2D eigenvalue weighted by Crippen LogP contribution is 2.23. The van der Waals surface area contributed by atoms with E-state index in [1.807, 2.05) is 0 Å². The van der Waals surface area contributed by atoms with Gasteiger partial charge in [-0.15, -0.1) is 0 Å². The first-order valence-electron chi connectivity index (χ1n) is 6.47. The molecule has 0 aliphatic heterocycles. The summed E-state index contributed by atoms with van der Waals surface area (Å²) < 4.78 is 5.46. The number of hydrogen-bond donors (Lipinski definition) is 0. The molecule has 1 heteroatoms. The minimum atomic E-state index is 1.07. The highest BCUT2D eigenvalue weighted by molar-refractivity contribution is 5.37. The summed E-state index contributed by atoms with van der Waals surface area (Å²) in [6.45, 7) is 4.45. The fraction of sp³-hybridized carbons (Fsp3) is 0.600. The minimum absolute atomic E-state index is 1.07.